The van der Waals surface area contributed by atoms with Crippen molar-refractivity contribution in [2.45, 2.75) is 25.0 Å². The van der Waals surface area contributed by atoms with Crippen LogP contribution in [-0.2, 0) is 11.3 Å². The van der Waals surface area contributed by atoms with E-state index in [0.29, 0.717) is 26.2 Å². The molecule has 2 aromatic rings. The highest BCUT2D eigenvalue weighted by atomic mass is 19.1. The summed E-state index contributed by atoms with van der Waals surface area (Å²) in [5, 5.41) is 0. The molecule has 7 heteroatoms. The summed E-state index contributed by atoms with van der Waals surface area (Å²) < 4.78 is 24.2. The smallest absolute Gasteiger partial charge is 0.241 e. The van der Waals surface area contributed by atoms with E-state index in [1.165, 1.54) is 12.1 Å². The van der Waals surface area contributed by atoms with Crippen LogP contribution in [-0.4, -0.2) is 37.1 Å². The third-order valence-electron chi connectivity index (χ3n) is 4.88. The van der Waals surface area contributed by atoms with Crippen molar-refractivity contribution in [2.24, 2.45) is 0 Å². The molecule has 2 N–H and O–H groups in total. The molecule has 2 unspecified atom stereocenters. The van der Waals surface area contributed by atoms with Gasteiger partial charge >= 0.3 is 0 Å². The minimum absolute atomic E-state index is 0.00185. The number of hydrogen-bond donors (Lipinski definition) is 2. The Labute approximate surface area is 157 Å². The minimum Gasteiger partial charge on any atom is -0.486 e. The van der Waals surface area contributed by atoms with Gasteiger partial charge in [0.25, 0.3) is 0 Å². The number of ether oxygens (including phenoxy) is 2. The van der Waals surface area contributed by atoms with E-state index in [0.717, 1.165) is 22.6 Å². The van der Waals surface area contributed by atoms with Gasteiger partial charge in [0.15, 0.2) is 11.5 Å². The number of nitrogens with one attached hydrogen (secondary N) is 2. The summed E-state index contributed by atoms with van der Waals surface area (Å²) in [7, 11) is 1.78. The normalized spacial score (nSPS) is 21.1. The van der Waals surface area contributed by atoms with Crippen molar-refractivity contribution in [3.63, 3.8) is 0 Å². The standard InChI is InChI=1S/C20H22FN3O3/c1-24(12-13-2-7-18-19(10-13)27-9-8-26-18)20(25)17-11-16(22-23-17)14-3-5-15(21)6-4-14/h2-7,10,16-17,22-23H,8-9,11-12H2,1H3. The maximum atomic E-state index is 13.1. The number of halogens is 1. The molecular formula is C20H22FN3O3. The van der Waals surface area contributed by atoms with Gasteiger partial charge in [-0.1, -0.05) is 18.2 Å². The van der Waals surface area contributed by atoms with Gasteiger partial charge in [-0.05, 0) is 41.8 Å². The second kappa shape index (κ2) is 7.54. The lowest BCUT2D eigenvalue weighted by Gasteiger charge is -2.23. The van der Waals surface area contributed by atoms with Crippen molar-refractivity contribution in [1.29, 1.82) is 0 Å². The number of carbonyl (C=O) groups excluding carboxylic acids is 1. The lowest BCUT2D eigenvalue weighted by atomic mass is 10.0. The first-order valence-corrected chi connectivity index (χ1v) is 9.00. The maximum absolute atomic E-state index is 13.1. The molecule has 1 fully saturated rings. The van der Waals surface area contributed by atoms with Crippen LogP contribution in [0.3, 0.4) is 0 Å². The predicted molar refractivity (Wildman–Crippen MR) is 97.7 cm³/mol. The predicted octanol–water partition coefficient (Wildman–Crippen LogP) is 2.16. The van der Waals surface area contributed by atoms with Crippen molar-refractivity contribution in [2.75, 3.05) is 20.3 Å². The van der Waals surface area contributed by atoms with Crippen LogP contribution in [0, 0.1) is 5.82 Å². The molecule has 0 aromatic heterocycles. The van der Waals surface area contributed by atoms with Crippen molar-refractivity contribution >= 4 is 5.91 Å². The molecule has 6 nitrogen and oxygen atoms in total. The van der Waals surface area contributed by atoms with Crippen LogP contribution >= 0.6 is 0 Å². The largest absolute Gasteiger partial charge is 0.486 e. The maximum Gasteiger partial charge on any atom is 0.241 e. The van der Waals surface area contributed by atoms with E-state index in [2.05, 4.69) is 10.9 Å². The zero-order chi connectivity index (χ0) is 18.8. The van der Waals surface area contributed by atoms with Crippen molar-refractivity contribution < 1.29 is 18.7 Å². The minimum atomic E-state index is -0.331. The van der Waals surface area contributed by atoms with E-state index in [1.807, 2.05) is 18.2 Å². The second-order valence-electron chi connectivity index (χ2n) is 6.85. The zero-order valence-electron chi connectivity index (χ0n) is 15.1. The topological polar surface area (TPSA) is 62.8 Å². The molecule has 2 aliphatic rings. The molecule has 0 bridgehead atoms. The molecular weight excluding hydrogens is 349 g/mol. The van der Waals surface area contributed by atoms with Gasteiger partial charge in [-0.3, -0.25) is 4.79 Å². The molecule has 0 spiro atoms. The Morgan fingerprint density at radius 3 is 2.63 bits per heavy atom. The fourth-order valence-electron chi connectivity index (χ4n) is 3.44. The Morgan fingerprint density at radius 2 is 1.85 bits per heavy atom. The molecule has 4 rings (SSSR count). The van der Waals surface area contributed by atoms with E-state index in [9.17, 15) is 9.18 Å². The van der Waals surface area contributed by atoms with E-state index in [4.69, 9.17) is 9.47 Å². The highest BCUT2D eigenvalue weighted by Crippen LogP contribution is 2.31. The number of nitrogens with zero attached hydrogens (tertiary/aromatic N) is 1. The summed E-state index contributed by atoms with van der Waals surface area (Å²) in [5.74, 6) is 1.19. The van der Waals surface area contributed by atoms with Crippen molar-refractivity contribution in [3.8, 4) is 11.5 Å². The van der Waals surface area contributed by atoms with Gasteiger partial charge in [-0.2, -0.15) is 0 Å². The molecule has 0 radical (unpaired) electrons. The summed E-state index contributed by atoms with van der Waals surface area (Å²) in [6.07, 6.45) is 0.607. The lowest BCUT2D eigenvalue weighted by Crippen LogP contribution is -2.43. The van der Waals surface area contributed by atoms with Crippen LogP contribution in [0.2, 0.25) is 0 Å². The Hall–Kier alpha value is -2.64. The van der Waals surface area contributed by atoms with E-state index in [1.54, 1.807) is 24.1 Å². The Kier molecular flexibility index (Phi) is 4.96. The van der Waals surface area contributed by atoms with Gasteiger partial charge < -0.3 is 14.4 Å². The summed E-state index contributed by atoms with van der Waals surface area (Å²) in [6.45, 7) is 1.57. The first-order valence-electron chi connectivity index (χ1n) is 9.00. The number of benzene rings is 2. The molecule has 2 aromatic carbocycles. The van der Waals surface area contributed by atoms with Gasteiger partial charge in [-0.25, -0.2) is 15.2 Å². The fraction of sp³-hybridized carbons (Fsp3) is 0.350. The van der Waals surface area contributed by atoms with Crippen molar-refractivity contribution in [1.82, 2.24) is 15.8 Å². The van der Waals surface area contributed by atoms with Gasteiger partial charge in [0.1, 0.15) is 25.1 Å². The third kappa shape index (κ3) is 3.89. The molecule has 142 valence electrons. The van der Waals surface area contributed by atoms with Crippen LogP contribution in [0.25, 0.3) is 0 Å². The first-order chi connectivity index (χ1) is 13.1. The van der Waals surface area contributed by atoms with E-state index in [-0.39, 0.29) is 23.8 Å². The monoisotopic (exact) mass is 371 g/mol. The molecule has 1 saturated heterocycles. The number of amides is 1. The van der Waals surface area contributed by atoms with E-state index < -0.39 is 0 Å². The molecule has 0 saturated carbocycles. The summed E-state index contributed by atoms with van der Waals surface area (Å²) in [6, 6.07) is 11.7. The summed E-state index contributed by atoms with van der Waals surface area (Å²) >= 11 is 0. The Bertz CT molecular complexity index is 828. The summed E-state index contributed by atoms with van der Waals surface area (Å²) in [4.78, 5) is 14.5. The van der Waals surface area contributed by atoms with Crippen LogP contribution < -0.4 is 20.3 Å². The van der Waals surface area contributed by atoms with E-state index >= 15 is 0 Å². The third-order valence-corrected chi connectivity index (χ3v) is 4.88. The SMILES string of the molecule is CN(Cc1ccc2c(c1)OCCO2)C(=O)C1CC(c2ccc(F)cc2)NN1. The average molecular weight is 371 g/mol. The second-order valence-corrected chi connectivity index (χ2v) is 6.85. The van der Waals surface area contributed by atoms with Gasteiger partial charge in [0, 0.05) is 19.6 Å². The fourth-order valence-corrected chi connectivity index (χ4v) is 3.44. The highest BCUT2D eigenvalue weighted by Gasteiger charge is 2.32. The zero-order valence-corrected chi connectivity index (χ0v) is 15.1. The lowest BCUT2D eigenvalue weighted by molar-refractivity contribution is -0.132. The molecule has 27 heavy (non-hydrogen) atoms. The number of likely N-dealkylation sites (N-methyl/N-ethyl adjacent to an activating group) is 1. The van der Waals surface area contributed by atoms with Crippen LogP contribution in [0.1, 0.15) is 23.6 Å². The number of hydrogen-bond acceptors (Lipinski definition) is 5. The van der Waals surface area contributed by atoms with Gasteiger partial charge in [-0.15, -0.1) is 0 Å². The molecule has 2 aliphatic heterocycles. The first kappa shape index (κ1) is 17.8. The van der Waals surface area contributed by atoms with Crippen molar-refractivity contribution in [3.05, 3.63) is 59.4 Å². The Morgan fingerprint density at radius 1 is 1.11 bits per heavy atom. The van der Waals surface area contributed by atoms with Gasteiger partial charge in [0.05, 0.1) is 0 Å². The number of rotatable bonds is 4. The number of fused-ring (bicyclic) bond motifs is 1. The summed E-state index contributed by atoms with van der Waals surface area (Å²) in [5.41, 5.74) is 8.12. The molecule has 2 atom stereocenters. The highest BCUT2D eigenvalue weighted by molar-refractivity contribution is 5.82. The molecule has 2 heterocycles. The molecule has 0 aliphatic carbocycles. The van der Waals surface area contributed by atoms with Crippen LogP contribution in [0.5, 0.6) is 11.5 Å². The van der Waals surface area contributed by atoms with Crippen LogP contribution in [0.4, 0.5) is 4.39 Å². The van der Waals surface area contributed by atoms with Crippen LogP contribution in [0.15, 0.2) is 42.5 Å². The van der Waals surface area contributed by atoms with Gasteiger partial charge in [0.2, 0.25) is 5.91 Å². The average Bonchev–Trinajstić information content (AvgIpc) is 3.18. The quantitative estimate of drug-likeness (QED) is 0.863. The Balaban J connectivity index is 1.37. The number of carbonyl (C=O) groups is 1. The molecule has 1 amide bonds. The number of hydrazine groups is 1.